The summed E-state index contributed by atoms with van der Waals surface area (Å²) in [6, 6.07) is 8.87. The lowest BCUT2D eigenvalue weighted by molar-refractivity contribution is -0.387. The maximum atomic E-state index is 14.5. The second kappa shape index (κ2) is 7.95. The molecule has 0 unspecified atom stereocenters. The molecule has 12 heteroatoms. The van der Waals surface area contributed by atoms with E-state index >= 15 is 0 Å². The van der Waals surface area contributed by atoms with Gasteiger partial charge in [0.2, 0.25) is 11.6 Å². The van der Waals surface area contributed by atoms with E-state index in [0.29, 0.717) is 16.6 Å². The van der Waals surface area contributed by atoms with Gasteiger partial charge in [0.15, 0.2) is 17.2 Å². The topological polar surface area (TPSA) is 104 Å². The zero-order chi connectivity index (χ0) is 23.2. The van der Waals surface area contributed by atoms with Crippen molar-refractivity contribution < 1.29 is 26.9 Å². The first-order chi connectivity index (χ1) is 15.1. The lowest BCUT2D eigenvalue weighted by Crippen LogP contribution is -2.12. The summed E-state index contributed by atoms with van der Waals surface area (Å²) in [7, 11) is -4.15. The number of hydrogen-bond acceptors (Lipinski definition) is 6. The third kappa shape index (κ3) is 3.71. The molecule has 0 aliphatic carbocycles. The second-order valence-electron chi connectivity index (χ2n) is 6.70. The molecule has 0 atom stereocenters. The van der Waals surface area contributed by atoms with Gasteiger partial charge in [-0.05, 0) is 47.1 Å². The number of rotatable bonds is 5. The second-order valence-corrected chi connectivity index (χ2v) is 9.43. The highest BCUT2D eigenvalue weighted by atomic mass is 79.9. The van der Waals surface area contributed by atoms with Crippen LogP contribution in [-0.2, 0) is 10.0 Å². The minimum Gasteiger partial charge on any atom is -0.449 e. The van der Waals surface area contributed by atoms with Gasteiger partial charge in [0.25, 0.3) is 10.0 Å². The summed E-state index contributed by atoms with van der Waals surface area (Å²) in [5, 5.41) is 11.1. The average molecular weight is 524 g/mol. The highest BCUT2D eigenvalue weighted by Gasteiger charge is 2.27. The number of fused-ring (bicyclic) bond motifs is 1. The number of hydrogen-bond donors (Lipinski definition) is 0. The van der Waals surface area contributed by atoms with Crippen LogP contribution >= 0.6 is 15.9 Å². The number of ether oxygens (including phenoxy) is 1. The molecule has 2 aromatic carbocycles. The van der Waals surface area contributed by atoms with Crippen molar-refractivity contribution in [1.29, 1.82) is 0 Å². The molecule has 0 N–H and O–H groups in total. The molecular weight excluding hydrogens is 512 g/mol. The Morgan fingerprint density at radius 2 is 1.84 bits per heavy atom. The first-order valence-corrected chi connectivity index (χ1v) is 11.1. The molecule has 0 aliphatic rings. The molecule has 2 heterocycles. The summed E-state index contributed by atoms with van der Waals surface area (Å²) in [6.07, 6.45) is 2.36. The van der Waals surface area contributed by atoms with Crippen LogP contribution in [-0.4, -0.2) is 22.3 Å². The van der Waals surface area contributed by atoms with E-state index in [0.717, 1.165) is 15.7 Å². The molecule has 2 aromatic heterocycles. The van der Waals surface area contributed by atoms with Crippen molar-refractivity contribution in [2.45, 2.75) is 11.8 Å². The molecule has 0 radical (unpaired) electrons. The maximum Gasteiger partial charge on any atom is 0.308 e. The highest BCUT2D eigenvalue weighted by molar-refractivity contribution is 9.10. The van der Waals surface area contributed by atoms with Crippen LogP contribution in [0.15, 0.2) is 64.2 Å². The minimum absolute atomic E-state index is 0.0380. The Kier molecular flexibility index (Phi) is 5.42. The van der Waals surface area contributed by atoms with Crippen LogP contribution in [0.4, 0.5) is 14.5 Å². The SMILES string of the molecule is Cc1ccc(S(=O)(=O)n2cc(Oc3c(F)ccc([N+](=O)[O-])c3F)c3cc(Br)cnc32)cc1. The van der Waals surface area contributed by atoms with Crippen LogP contribution in [0.1, 0.15) is 5.56 Å². The van der Waals surface area contributed by atoms with Gasteiger partial charge in [-0.15, -0.1) is 0 Å². The van der Waals surface area contributed by atoms with E-state index in [-0.39, 0.29) is 21.7 Å². The summed E-state index contributed by atoms with van der Waals surface area (Å²) in [6.45, 7) is 1.80. The van der Waals surface area contributed by atoms with Crippen LogP contribution in [0.2, 0.25) is 0 Å². The molecule has 0 amide bonds. The number of halogens is 3. The Morgan fingerprint density at radius 1 is 1.16 bits per heavy atom. The normalized spacial score (nSPS) is 11.6. The van der Waals surface area contributed by atoms with E-state index in [1.807, 2.05) is 0 Å². The standard InChI is InChI=1S/C20H12BrF2N3O5S/c1-11-2-4-13(5-3-11)32(29,30)25-10-17(14-8-12(21)9-24-20(14)25)31-19-15(22)6-7-16(18(19)23)26(27)28/h2-10H,1H3. The minimum atomic E-state index is -4.15. The Hall–Kier alpha value is -3.38. The Bertz CT molecular complexity index is 1490. The molecule has 32 heavy (non-hydrogen) atoms. The van der Waals surface area contributed by atoms with E-state index in [9.17, 15) is 27.3 Å². The predicted octanol–water partition coefficient (Wildman–Crippen LogP) is 5.32. The van der Waals surface area contributed by atoms with E-state index in [1.165, 1.54) is 24.4 Å². The Morgan fingerprint density at radius 3 is 2.50 bits per heavy atom. The molecule has 0 spiro atoms. The number of nitrogens with zero attached hydrogens (tertiary/aromatic N) is 3. The van der Waals surface area contributed by atoms with Gasteiger partial charge >= 0.3 is 5.69 Å². The summed E-state index contributed by atoms with van der Waals surface area (Å²) in [4.78, 5) is 14.0. The van der Waals surface area contributed by atoms with Crippen molar-refractivity contribution in [2.24, 2.45) is 0 Å². The van der Waals surface area contributed by atoms with Gasteiger partial charge in [0.05, 0.1) is 21.4 Å². The zero-order valence-corrected chi connectivity index (χ0v) is 18.5. The molecule has 0 aliphatic heterocycles. The van der Waals surface area contributed by atoms with E-state index in [1.54, 1.807) is 19.1 Å². The van der Waals surface area contributed by atoms with E-state index in [4.69, 9.17) is 4.74 Å². The first-order valence-electron chi connectivity index (χ1n) is 8.88. The fourth-order valence-electron chi connectivity index (χ4n) is 2.98. The first kappa shape index (κ1) is 21.8. The number of benzene rings is 2. The smallest absolute Gasteiger partial charge is 0.308 e. The monoisotopic (exact) mass is 523 g/mol. The van der Waals surface area contributed by atoms with Crippen LogP contribution in [0, 0.1) is 28.7 Å². The molecule has 0 bridgehead atoms. The number of nitro groups is 1. The summed E-state index contributed by atoms with van der Waals surface area (Å²) < 4.78 is 61.8. The average Bonchev–Trinajstić information content (AvgIpc) is 3.09. The van der Waals surface area contributed by atoms with Crippen molar-refractivity contribution in [2.75, 3.05) is 0 Å². The van der Waals surface area contributed by atoms with Gasteiger partial charge in [-0.3, -0.25) is 10.1 Å². The summed E-state index contributed by atoms with van der Waals surface area (Å²) in [5.74, 6) is -4.02. The molecule has 164 valence electrons. The number of aromatic nitrogens is 2. The van der Waals surface area contributed by atoms with Gasteiger partial charge < -0.3 is 4.74 Å². The van der Waals surface area contributed by atoms with E-state index < -0.39 is 38.0 Å². The molecule has 0 fully saturated rings. The van der Waals surface area contributed by atoms with Crippen LogP contribution < -0.4 is 4.74 Å². The van der Waals surface area contributed by atoms with Gasteiger partial charge in [0.1, 0.15) is 0 Å². The highest BCUT2D eigenvalue weighted by Crippen LogP contribution is 2.38. The number of nitro benzene ring substituents is 1. The summed E-state index contributed by atoms with van der Waals surface area (Å²) in [5.41, 5.74) is -0.198. The number of pyridine rings is 1. The van der Waals surface area contributed by atoms with Gasteiger partial charge in [-0.25, -0.2) is 21.8 Å². The molecular formula is C20H12BrF2N3O5S. The van der Waals surface area contributed by atoms with Crippen molar-refractivity contribution in [3.63, 3.8) is 0 Å². The van der Waals surface area contributed by atoms with Gasteiger partial charge in [0, 0.05) is 16.7 Å². The molecule has 0 saturated heterocycles. The zero-order valence-electron chi connectivity index (χ0n) is 16.1. The lowest BCUT2D eigenvalue weighted by atomic mass is 10.2. The quantitative estimate of drug-likeness (QED) is 0.259. The molecule has 4 rings (SSSR count). The van der Waals surface area contributed by atoms with Crippen molar-refractivity contribution in [3.05, 3.63) is 86.6 Å². The van der Waals surface area contributed by atoms with Gasteiger partial charge in [-0.1, -0.05) is 17.7 Å². The van der Waals surface area contributed by atoms with Gasteiger partial charge in [-0.2, -0.15) is 4.39 Å². The van der Waals surface area contributed by atoms with Crippen LogP contribution in [0.3, 0.4) is 0 Å². The maximum absolute atomic E-state index is 14.5. The largest absolute Gasteiger partial charge is 0.449 e. The van der Waals surface area contributed by atoms with Crippen molar-refractivity contribution in [1.82, 2.24) is 8.96 Å². The lowest BCUT2D eigenvalue weighted by Gasteiger charge is -2.07. The fraction of sp³-hybridized carbons (Fsp3) is 0.0500. The third-order valence-corrected chi connectivity index (χ3v) is 6.66. The third-order valence-electron chi connectivity index (χ3n) is 4.56. The van der Waals surface area contributed by atoms with Crippen LogP contribution in [0.5, 0.6) is 11.5 Å². The molecule has 4 aromatic rings. The molecule has 8 nitrogen and oxygen atoms in total. The fourth-order valence-corrected chi connectivity index (χ4v) is 4.63. The Balaban J connectivity index is 1.92. The summed E-state index contributed by atoms with van der Waals surface area (Å²) >= 11 is 3.21. The van der Waals surface area contributed by atoms with Crippen molar-refractivity contribution >= 4 is 42.7 Å². The van der Waals surface area contributed by atoms with Crippen molar-refractivity contribution in [3.8, 4) is 11.5 Å². The molecule has 0 saturated carbocycles. The number of aryl methyl sites for hydroxylation is 1. The van der Waals surface area contributed by atoms with Crippen LogP contribution in [0.25, 0.3) is 11.0 Å². The van der Waals surface area contributed by atoms with E-state index in [2.05, 4.69) is 20.9 Å². The predicted molar refractivity (Wildman–Crippen MR) is 114 cm³/mol. The Labute approximate surface area is 188 Å².